The van der Waals surface area contributed by atoms with Crippen LogP contribution in [0.2, 0.25) is 0 Å². The molecule has 0 atom stereocenters. The lowest BCUT2D eigenvalue weighted by Crippen LogP contribution is -2.18. The Morgan fingerprint density at radius 2 is 2.17 bits per heavy atom. The molecule has 0 spiro atoms. The number of anilines is 1. The summed E-state index contributed by atoms with van der Waals surface area (Å²) in [4.78, 5) is 22.3. The van der Waals surface area contributed by atoms with Crippen LogP contribution in [0, 0.1) is 10.1 Å². The number of aromatic nitrogens is 3. The van der Waals surface area contributed by atoms with Crippen molar-refractivity contribution in [1.29, 1.82) is 0 Å². The molecule has 2 rings (SSSR count). The minimum atomic E-state index is -0.526. The van der Waals surface area contributed by atoms with Crippen LogP contribution in [0.15, 0.2) is 24.5 Å². The Kier molecular flexibility index (Phi) is 4.89. The first kappa shape index (κ1) is 16.4. The van der Waals surface area contributed by atoms with Crippen molar-refractivity contribution >= 4 is 17.3 Å². The fraction of sp³-hybridized carbons (Fsp3) is 0.357. The number of amides is 1. The number of hydrogen-bond donors (Lipinski definition) is 2. The number of carbonyl (C=O) groups is 1. The van der Waals surface area contributed by atoms with Crippen LogP contribution in [0.4, 0.5) is 11.4 Å². The van der Waals surface area contributed by atoms with Crippen LogP contribution in [-0.4, -0.2) is 32.6 Å². The van der Waals surface area contributed by atoms with E-state index in [1.807, 2.05) is 18.4 Å². The maximum atomic E-state index is 11.6. The van der Waals surface area contributed by atoms with Gasteiger partial charge in [0, 0.05) is 24.7 Å². The summed E-state index contributed by atoms with van der Waals surface area (Å²) in [5, 5.41) is 24.5. The zero-order valence-electron chi connectivity index (χ0n) is 13.1. The van der Waals surface area contributed by atoms with Gasteiger partial charge in [-0.3, -0.25) is 14.9 Å². The van der Waals surface area contributed by atoms with Crippen LogP contribution >= 0.6 is 0 Å². The smallest absolute Gasteiger partial charge is 0.293 e. The molecular formula is C14H18N6O3. The van der Waals surface area contributed by atoms with Gasteiger partial charge in [-0.25, -0.2) is 0 Å². The summed E-state index contributed by atoms with van der Waals surface area (Å²) in [6, 6.07) is 4.47. The SMILES string of the molecule is CNC(=O)c1ccc(NCc2nncn2C(C)C)c([N+](=O)[O-])c1. The van der Waals surface area contributed by atoms with Gasteiger partial charge in [0.15, 0.2) is 5.82 Å². The normalized spacial score (nSPS) is 10.6. The topological polar surface area (TPSA) is 115 Å². The molecule has 0 saturated carbocycles. The summed E-state index contributed by atoms with van der Waals surface area (Å²) < 4.78 is 1.87. The largest absolute Gasteiger partial charge is 0.372 e. The van der Waals surface area contributed by atoms with Crippen LogP contribution in [-0.2, 0) is 6.54 Å². The zero-order chi connectivity index (χ0) is 17.0. The van der Waals surface area contributed by atoms with Crippen molar-refractivity contribution in [1.82, 2.24) is 20.1 Å². The van der Waals surface area contributed by atoms with Crippen molar-refractivity contribution < 1.29 is 9.72 Å². The first-order valence-electron chi connectivity index (χ1n) is 7.06. The predicted octanol–water partition coefficient (Wildman–Crippen LogP) is 1.74. The molecule has 1 heterocycles. The van der Waals surface area contributed by atoms with Crippen LogP contribution in [0.3, 0.4) is 0 Å². The number of nitrogens with one attached hydrogen (secondary N) is 2. The van der Waals surface area contributed by atoms with E-state index in [0.29, 0.717) is 18.1 Å². The van der Waals surface area contributed by atoms with E-state index in [-0.39, 0.29) is 23.2 Å². The van der Waals surface area contributed by atoms with E-state index in [4.69, 9.17) is 0 Å². The first-order valence-corrected chi connectivity index (χ1v) is 7.06. The Balaban J connectivity index is 2.24. The zero-order valence-corrected chi connectivity index (χ0v) is 13.1. The minimum Gasteiger partial charge on any atom is -0.372 e. The molecule has 0 saturated heterocycles. The van der Waals surface area contributed by atoms with Crippen LogP contribution in [0.5, 0.6) is 0 Å². The molecule has 0 bridgehead atoms. The lowest BCUT2D eigenvalue weighted by molar-refractivity contribution is -0.384. The molecule has 23 heavy (non-hydrogen) atoms. The fourth-order valence-corrected chi connectivity index (χ4v) is 2.12. The average Bonchev–Trinajstić information content (AvgIpc) is 3.00. The third-order valence-corrected chi connectivity index (χ3v) is 3.32. The van der Waals surface area contributed by atoms with E-state index in [0.717, 1.165) is 0 Å². The average molecular weight is 318 g/mol. The Hall–Kier alpha value is -2.97. The van der Waals surface area contributed by atoms with E-state index in [1.165, 1.54) is 25.2 Å². The van der Waals surface area contributed by atoms with E-state index in [9.17, 15) is 14.9 Å². The highest BCUT2D eigenvalue weighted by molar-refractivity contribution is 5.95. The van der Waals surface area contributed by atoms with Crippen LogP contribution in [0.1, 0.15) is 36.1 Å². The third-order valence-electron chi connectivity index (χ3n) is 3.32. The molecule has 9 nitrogen and oxygen atoms in total. The minimum absolute atomic E-state index is 0.165. The number of rotatable bonds is 6. The highest BCUT2D eigenvalue weighted by Gasteiger charge is 2.18. The number of hydrogen-bond acceptors (Lipinski definition) is 6. The van der Waals surface area contributed by atoms with Gasteiger partial charge in [-0.05, 0) is 26.0 Å². The van der Waals surface area contributed by atoms with Gasteiger partial charge in [-0.2, -0.15) is 0 Å². The molecule has 0 aliphatic carbocycles. The molecule has 1 aromatic carbocycles. The molecule has 1 aromatic heterocycles. The number of nitro benzene ring substituents is 1. The summed E-state index contributed by atoms with van der Waals surface area (Å²) in [6.45, 7) is 4.28. The Labute approximate surface area is 132 Å². The van der Waals surface area contributed by atoms with Crippen molar-refractivity contribution in [3.05, 3.63) is 46.0 Å². The molecule has 0 fully saturated rings. The molecule has 0 radical (unpaired) electrons. The Morgan fingerprint density at radius 1 is 1.43 bits per heavy atom. The molecule has 9 heteroatoms. The quantitative estimate of drug-likeness (QED) is 0.619. The molecule has 2 N–H and O–H groups in total. The van der Waals surface area contributed by atoms with E-state index < -0.39 is 4.92 Å². The van der Waals surface area contributed by atoms with Crippen LogP contribution < -0.4 is 10.6 Å². The van der Waals surface area contributed by atoms with E-state index in [2.05, 4.69) is 20.8 Å². The van der Waals surface area contributed by atoms with Crippen molar-refractivity contribution in [3.8, 4) is 0 Å². The fourth-order valence-electron chi connectivity index (χ4n) is 2.12. The van der Waals surface area contributed by atoms with Gasteiger partial charge in [0.1, 0.15) is 12.0 Å². The van der Waals surface area contributed by atoms with Gasteiger partial charge >= 0.3 is 0 Å². The standard InChI is InChI=1S/C14H18N6O3/c1-9(2)19-8-17-18-13(19)7-16-11-5-4-10(14(21)15-3)6-12(11)20(22)23/h4-6,8-9,16H,7H2,1-3H3,(H,15,21). The number of carbonyl (C=O) groups excluding carboxylic acids is 1. The van der Waals surface area contributed by atoms with Gasteiger partial charge in [0.05, 0.1) is 11.5 Å². The first-order chi connectivity index (χ1) is 10.9. The molecule has 1 amide bonds. The molecular weight excluding hydrogens is 300 g/mol. The maximum Gasteiger partial charge on any atom is 0.293 e. The van der Waals surface area contributed by atoms with Gasteiger partial charge in [0.25, 0.3) is 11.6 Å². The molecule has 0 unspecified atom stereocenters. The molecule has 2 aromatic rings. The van der Waals surface area contributed by atoms with Gasteiger partial charge in [-0.1, -0.05) is 0 Å². The van der Waals surface area contributed by atoms with Crippen LogP contribution in [0.25, 0.3) is 0 Å². The maximum absolute atomic E-state index is 11.6. The number of nitro groups is 1. The van der Waals surface area contributed by atoms with Crippen molar-refractivity contribution in [2.45, 2.75) is 26.4 Å². The second-order valence-electron chi connectivity index (χ2n) is 5.17. The molecule has 0 aliphatic rings. The lowest BCUT2D eigenvalue weighted by atomic mass is 10.1. The van der Waals surface area contributed by atoms with Gasteiger partial charge in [0.2, 0.25) is 0 Å². The number of benzene rings is 1. The lowest BCUT2D eigenvalue weighted by Gasteiger charge is -2.12. The predicted molar refractivity (Wildman–Crippen MR) is 84.2 cm³/mol. The summed E-state index contributed by atoms with van der Waals surface area (Å²) in [6.07, 6.45) is 1.62. The van der Waals surface area contributed by atoms with Gasteiger partial charge in [-0.15, -0.1) is 10.2 Å². The second kappa shape index (κ2) is 6.86. The summed E-state index contributed by atoms with van der Waals surface area (Å²) in [7, 11) is 1.47. The Morgan fingerprint density at radius 3 is 2.78 bits per heavy atom. The van der Waals surface area contributed by atoms with Crippen molar-refractivity contribution in [2.75, 3.05) is 12.4 Å². The van der Waals surface area contributed by atoms with E-state index >= 15 is 0 Å². The van der Waals surface area contributed by atoms with Gasteiger partial charge < -0.3 is 15.2 Å². The third kappa shape index (κ3) is 3.62. The van der Waals surface area contributed by atoms with Crippen molar-refractivity contribution in [3.63, 3.8) is 0 Å². The summed E-state index contributed by atoms with van der Waals surface area (Å²) >= 11 is 0. The monoisotopic (exact) mass is 318 g/mol. The summed E-state index contributed by atoms with van der Waals surface area (Å²) in [5.41, 5.74) is 0.387. The second-order valence-corrected chi connectivity index (χ2v) is 5.17. The van der Waals surface area contributed by atoms with E-state index in [1.54, 1.807) is 6.33 Å². The highest BCUT2D eigenvalue weighted by atomic mass is 16.6. The molecule has 122 valence electrons. The molecule has 0 aliphatic heterocycles. The summed E-state index contributed by atoms with van der Waals surface area (Å²) in [5.74, 6) is 0.295. The Bertz CT molecular complexity index is 725. The van der Waals surface area contributed by atoms with Crippen molar-refractivity contribution in [2.24, 2.45) is 0 Å². The highest BCUT2D eigenvalue weighted by Crippen LogP contribution is 2.26. The number of nitrogens with zero attached hydrogens (tertiary/aromatic N) is 4.